The molecule has 0 radical (unpaired) electrons. The summed E-state index contributed by atoms with van der Waals surface area (Å²) in [7, 11) is 0. The summed E-state index contributed by atoms with van der Waals surface area (Å²) in [5, 5.41) is 5.31. The summed E-state index contributed by atoms with van der Waals surface area (Å²) < 4.78 is 14.5. The number of aromatic nitrogens is 3. The van der Waals surface area contributed by atoms with Crippen molar-refractivity contribution in [2.24, 2.45) is 5.10 Å². The number of hydrogen-bond acceptors (Lipinski definition) is 3. The van der Waals surface area contributed by atoms with E-state index in [1.54, 1.807) is 30.3 Å². The maximum Gasteiger partial charge on any atom is 0.298 e. The highest BCUT2D eigenvalue weighted by Gasteiger charge is 2.11. The van der Waals surface area contributed by atoms with Gasteiger partial charge in [0, 0.05) is 15.9 Å². The van der Waals surface area contributed by atoms with E-state index < -0.39 is 0 Å². The van der Waals surface area contributed by atoms with Crippen molar-refractivity contribution < 1.29 is 4.39 Å². The molecule has 0 unspecified atom stereocenters. The zero-order chi connectivity index (χ0) is 16.7. The van der Waals surface area contributed by atoms with Gasteiger partial charge in [0.05, 0.1) is 6.21 Å². The molecule has 0 saturated carbocycles. The molecule has 118 valence electrons. The van der Waals surface area contributed by atoms with Gasteiger partial charge in [-0.25, -0.2) is 9.37 Å². The second kappa shape index (κ2) is 5.58. The fourth-order valence-corrected chi connectivity index (χ4v) is 2.60. The number of hydrogen-bond donors (Lipinski definition) is 1. The normalized spacial score (nSPS) is 11.8. The van der Waals surface area contributed by atoms with Gasteiger partial charge in [-0.15, -0.1) is 0 Å². The first kappa shape index (κ1) is 14.6. The molecule has 0 fully saturated rings. The number of rotatable bonds is 2. The first-order valence-corrected chi connectivity index (χ1v) is 7.48. The third kappa shape index (κ3) is 2.47. The lowest BCUT2D eigenvalue weighted by Gasteiger charge is -1.98. The molecule has 0 amide bonds. The van der Waals surface area contributed by atoms with Gasteiger partial charge >= 0.3 is 0 Å². The van der Waals surface area contributed by atoms with Gasteiger partial charge in [0.2, 0.25) is 0 Å². The summed E-state index contributed by atoms with van der Waals surface area (Å²) in [5.41, 5.74) is 1.79. The van der Waals surface area contributed by atoms with Crippen molar-refractivity contribution in [3.05, 3.63) is 75.5 Å². The standard InChI is InChI=1S/C17H10ClFN4O/c18-11-3-1-10(2-4-11)8-21-23-9-20-15-13-7-12(19)5-6-14(13)22-16(15)17(23)24/h1-9,22H/b21-8+. The number of aromatic amines is 1. The second-order valence-electron chi connectivity index (χ2n) is 5.23. The molecule has 2 aromatic heterocycles. The van der Waals surface area contributed by atoms with Gasteiger partial charge < -0.3 is 4.98 Å². The molecule has 7 heteroatoms. The highest BCUT2D eigenvalue weighted by Crippen LogP contribution is 2.21. The molecule has 4 aromatic rings. The van der Waals surface area contributed by atoms with E-state index in [2.05, 4.69) is 15.1 Å². The van der Waals surface area contributed by atoms with Gasteiger partial charge in [-0.3, -0.25) is 4.79 Å². The molecule has 0 aliphatic rings. The van der Waals surface area contributed by atoms with Crippen LogP contribution in [-0.2, 0) is 0 Å². The highest BCUT2D eigenvalue weighted by molar-refractivity contribution is 6.30. The number of halogens is 2. The van der Waals surface area contributed by atoms with Crippen molar-refractivity contribution in [1.82, 2.24) is 14.6 Å². The van der Waals surface area contributed by atoms with Gasteiger partial charge in [-0.2, -0.15) is 9.78 Å². The van der Waals surface area contributed by atoms with Crippen LogP contribution in [0.25, 0.3) is 21.9 Å². The fourth-order valence-electron chi connectivity index (χ4n) is 2.48. The average Bonchev–Trinajstić information content (AvgIpc) is 2.95. The molecule has 24 heavy (non-hydrogen) atoms. The molecule has 0 saturated heterocycles. The zero-order valence-corrected chi connectivity index (χ0v) is 13.0. The van der Waals surface area contributed by atoms with Crippen molar-refractivity contribution in [3.8, 4) is 0 Å². The van der Waals surface area contributed by atoms with Crippen LogP contribution in [0.2, 0.25) is 5.02 Å². The SMILES string of the molecule is O=c1c2[nH]c3ccc(F)cc3c2ncn1/N=C/c1ccc(Cl)cc1. The Hall–Kier alpha value is -2.99. The predicted molar refractivity (Wildman–Crippen MR) is 92.3 cm³/mol. The Morgan fingerprint density at radius 1 is 1.21 bits per heavy atom. The minimum Gasteiger partial charge on any atom is -0.349 e. The lowest BCUT2D eigenvalue weighted by atomic mass is 10.2. The fraction of sp³-hybridized carbons (Fsp3) is 0. The number of fused-ring (bicyclic) bond motifs is 3. The van der Waals surface area contributed by atoms with E-state index in [9.17, 15) is 9.18 Å². The minimum atomic E-state index is -0.380. The number of nitrogens with one attached hydrogen (secondary N) is 1. The van der Waals surface area contributed by atoms with E-state index in [-0.39, 0.29) is 16.9 Å². The highest BCUT2D eigenvalue weighted by atomic mass is 35.5. The van der Waals surface area contributed by atoms with Crippen LogP contribution in [0.3, 0.4) is 0 Å². The van der Waals surface area contributed by atoms with Crippen LogP contribution in [0.4, 0.5) is 4.39 Å². The first-order valence-electron chi connectivity index (χ1n) is 7.10. The maximum atomic E-state index is 13.4. The maximum absolute atomic E-state index is 13.4. The smallest absolute Gasteiger partial charge is 0.298 e. The van der Waals surface area contributed by atoms with Crippen LogP contribution in [-0.4, -0.2) is 20.9 Å². The molecule has 2 heterocycles. The van der Waals surface area contributed by atoms with E-state index in [0.717, 1.165) is 10.2 Å². The van der Waals surface area contributed by atoms with Crippen molar-refractivity contribution in [2.75, 3.05) is 0 Å². The molecular weight excluding hydrogens is 331 g/mol. The Morgan fingerprint density at radius 3 is 2.79 bits per heavy atom. The molecule has 0 atom stereocenters. The summed E-state index contributed by atoms with van der Waals surface area (Å²) in [6.07, 6.45) is 2.85. The third-order valence-corrected chi connectivity index (χ3v) is 3.90. The summed E-state index contributed by atoms with van der Waals surface area (Å²) in [4.78, 5) is 19.7. The third-order valence-electron chi connectivity index (χ3n) is 3.65. The zero-order valence-electron chi connectivity index (χ0n) is 12.2. The van der Waals surface area contributed by atoms with E-state index in [0.29, 0.717) is 21.4 Å². The summed E-state index contributed by atoms with van der Waals surface area (Å²) in [6.45, 7) is 0. The van der Waals surface area contributed by atoms with Crippen LogP contribution >= 0.6 is 11.6 Å². The molecule has 2 aromatic carbocycles. The number of nitrogens with zero attached hydrogens (tertiary/aromatic N) is 3. The van der Waals surface area contributed by atoms with Gasteiger partial charge in [0.1, 0.15) is 23.2 Å². The minimum absolute atomic E-state index is 0.284. The van der Waals surface area contributed by atoms with Crippen LogP contribution in [0.1, 0.15) is 5.56 Å². The Kier molecular flexibility index (Phi) is 3.39. The van der Waals surface area contributed by atoms with Crippen LogP contribution in [0.15, 0.2) is 58.7 Å². The van der Waals surface area contributed by atoms with Crippen molar-refractivity contribution in [1.29, 1.82) is 0 Å². The van der Waals surface area contributed by atoms with Gasteiger partial charge in [0.15, 0.2) is 0 Å². The second-order valence-corrected chi connectivity index (χ2v) is 5.67. The van der Waals surface area contributed by atoms with Gasteiger partial charge in [-0.1, -0.05) is 23.7 Å². The van der Waals surface area contributed by atoms with E-state index in [4.69, 9.17) is 11.6 Å². The molecule has 5 nitrogen and oxygen atoms in total. The quantitative estimate of drug-likeness (QED) is 0.567. The van der Waals surface area contributed by atoms with Gasteiger partial charge in [-0.05, 0) is 35.9 Å². The molecule has 1 N–H and O–H groups in total. The van der Waals surface area contributed by atoms with Crippen molar-refractivity contribution >= 4 is 39.8 Å². The van der Waals surface area contributed by atoms with Crippen molar-refractivity contribution in [2.45, 2.75) is 0 Å². The van der Waals surface area contributed by atoms with E-state index in [1.807, 2.05) is 0 Å². The van der Waals surface area contributed by atoms with Crippen LogP contribution in [0, 0.1) is 5.82 Å². The molecule has 0 bridgehead atoms. The monoisotopic (exact) mass is 340 g/mol. The average molecular weight is 341 g/mol. The molecule has 0 aliphatic carbocycles. The van der Waals surface area contributed by atoms with Crippen molar-refractivity contribution in [3.63, 3.8) is 0 Å². The van der Waals surface area contributed by atoms with Crippen LogP contribution in [0.5, 0.6) is 0 Å². The Labute approximate surface area is 140 Å². The summed E-state index contributed by atoms with van der Waals surface area (Å²) in [5.74, 6) is -0.380. The Morgan fingerprint density at radius 2 is 2.00 bits per heavy atom. The predicted octanol–water partition coefficient (Wildman–Crippen LogP) is 3.55. The summed E-state index contributed by atoms with van der Waals surface area (Å²) in [6, 6.07) is 11.3. The number of benzene rings is 2. The Balaban J connectivity index is 1.82. The lowest BCUT2D eigenvalue weighted by Crippen LogP contribution is -2.17. The summed E-state index contributed by atoms with van der Waals surface area (Å²) >= 11 is 5.83. The molecule has 0 spiro atoms. The van der Waals surface area contributed by atoms with E-state index in [1.165, 1.54) is 24.7 Å². The lowest BCUT2D eigenvalue weighted by molar-refractivity contribution is 0.630. The van der Waals surface area contributed by atoms with Gasteiger partial charge in [0.25, 0.3) is 5.56 Å². The van der Waals surface area contributed by atoms with E-state index >= 15 is 0 Å². The molecule has 4 rings (SSSR count). The molecular formula is C17H10ClFN4O. The Bertz CT molecular complexity index is 1150. The number of H-pyrrole nitrogens is 1. The molecule has 0 aliphatic heterocycles. The largest absolute Gasteiger partial charge is 0.349 e. The topological polar surface area (TPSA) is 63.0 Å². The first-order chi connectivity index (χ1) is 11.6. The van der Waals surface area contributed by atoms with Crippen LogP contribution < -0.4 is 5.56 Å².